The van der Waals surface area contributed by atoms with Gasteiger partial charge in [-0.25, -0.2) is 0 Å². The smallest absolute Gasteiger partial charge is 0.223 e. The molecule has 1 saturated heterocycles. The van der Waals surface area contributed by atoms with E-state index < -0.39 is 0 Å². The van der Waals surface area contributed by atoms with Gasteiger partial charge in [0.15, 0.2) is 0 Å². The van der Waals surface area contributed by atoms with Gasteiger partial charge in [-0.3, -0.25) is 0 Å². The molecule has 0 bridgehead atoms. The molecule has 112 valence electrons. The number of aromatic nitrogens is 2. The summed E-state index contributed by atoms with van der Waals surface area (Å²) < 4.78 is 0. The zero-order valence-electron chi connectivity index (χ0n) is 12.9. The van der Waals surface area contributed by atoms with E-state index in [4.69, 9.17) is 11.5 Å². The normalized spacial score (nSPS) is 19.6. The van der Waals surface area contributed by atoms with Gasteiger partial charge in [0.2, 0.25) is 5.95 Å². The van der Waals surface area contributed by atoms with Crippen LogP contribution in [0.3, 0.4) is 0 Å². The van der Waals surface area contributed by atoms with Crippen molar-refractivity contribution in [2.45, 2.75) is 39.7 Å². The Hall–Kier alpha value is -1.56. The second-order valence-corrected chi connectivity index (χ2v) is 6.73. The van der Waals surface area contributed by atoms with Gasteiger partial charge in [-0.1, -0.05) is 20.8 Å². The molecule has 0 amide bonds. The Kier molecular flexibility index (Phi) is 4.04. The van der Waals surface area contributed by atoms with Crippen LogP contribution in [0.15, 0.2) is 0 Å². The van der Waals surface area contributed by atoms with Crippen LogP contribution in [0.4, 0.5) is 17.6 Å². The Bertz CT molecular complexity index is 479. The van der Waals surface area contributed by atoms with E-state index in [1.165, 1.54) is 0 Å². The Balaban J connectivity index is 2.35. The molecule has 0 spiro atoms. The highest BCUT2D eigenvalue weighted by Gasteiger charge is 2.27. The second-order valence-electron chi connectivity index (χ2n) is 6.73. The standard InChI is InChI=1S/C14H26N6/c1-14(2,3)7-10-11(15)18-13(16)19-12(10)20-6-5-9(8-20)17-4/h9,17H,5-8H2,1-4H3,(H4,15,16,18,19)/t9-/m1/s1. The highest BCUT2D eigenvalue weighted by molar-refractivity contribution is 5.60. The molecule has 0 aliphatic carbocycles. The van der Waals surface area contributed by atoms with Crippen LogP contribution >= 0.6 is 0 Å². The van der Waals surface area contributed by atoms with Gasteiger partial charge in [0.05, 0.1) is 0 Å². The predicted octanol–water partition coefficient (Wildman–Crippen LogP) is 1.03. The number of hydrogen-bond acceptors (Lipinski definition) is 6. The third-order valence-corrected chi connectivity index (χ3v) is 3.64. The van der Waals surface area contributed by atoms with Gasteiger partial charge >= 0.3 is 0 Å². The molecule has 5 N–H and O–H groups in total. The van der Waals surface area contributed by atoms with Gasteiger partial charge in [-0.15, -0.1) is 0 Å². The summed E-state index contributed by atoms with van der Waals surface area (Å²) in [6, 6.07) is 0.495. The van der Waals surface area contributed by atoms with Crippen molar-refractivity contribution in [3.63, 3.8) is 0 Å². The minimum atomic E-state index is 0.129. The first-order chi connectivity index (χ1) is 9.30. The van der Waals surface area contributed by atoms with Crippen molar-refractivity contribution in [3.8, 4) is 0 Å². The molecular weight excluding hydrogens is 252 g/mol. The molecular formula is C14H26N6. The fraction of sp³-hybridized carbons (Fsp3) is 0.714. The minimum absolute atomic E-state index is 0.129. The molecule has 6 heteroatoms. The number of nitrogen functional groups attached to an aromatic ring is 2. The number of anilines is 3. The van der Waals surface area contributed by atoms with E-state index >= 15 is 0 Å². The van der Waals surface area contributed by atoms with Crippen LogP contribution in [0.25, 0.3) is 0 Å². The molecule has 1 aromatic heterocycles. The summed E-state index contributed by atoms with van der Waals surface area (Å²) >= 11 is 0. The van der Waals surface area contributed by atoms with Crippen molar-refractivity contribution < 1.29 is 0 Å². The second kappa shape index (κ2) is 5.44. The zero-order valence-corrected chi connectivity index (χ0v) is 12.9. The van der Waals surface area contributed by atoms with E-state index in [0.29, 0.717) is 11.9 Å². The van der Waals surface area contributed by atoms with Crippen molar-refractivity contribution >= 4 is 17.6 Å². The summed E-state index contributed by atoms with van der Waals surface area (Å²) in [6.45, 7) is 8.47. The molecule has 1 aliphatic heterocycles. The lowest BCUT2D eigenvalue weighted by atomic mass is 9.88. The van der Waals surface area contributed by atoms with E-state index in [9.17, 15) is 0 Å². The first kappa shape index (κ1) is 14.8. The lowest BCUT2D eigenvalue weighted by Crippen LogP contribution is -2.31. The van der Waals surface area contributed by atoms with E-state index in [1.54, 1.807) is 0 Å². The lowest BCUT2D eigenvalue weighted by molar-refractivity contribution is 0.411. The Morgan fingerprint density at radius 1 is 1.30 bits per heavy atom. The van der Waals surface area contributed by atoms with Gasteiger partial charge in [0.1, 0.15) is 11.6 Å². The number of nitrogens with zero attached hydrogens (tertiary/aromatic N) is 3. The maximum atomic E-state index is 6.09. The van der Waals surface area contributed by atoms with Gasteiger partial charge in [-0.2, -0.15) is 9.97 Å². The largest absolute Gasteiger partial charge is 0.383 e. The Labute approximate surface area is 121 Å². The Morgan fingerprint density at radius 3 is 2.55 bits per heavy atom. The van der Waals surface area contributed by atoms with Crippen molar-refractivity contribution in [1.82, 2.24) is 15.3 Å². The average Bonchev–Trinajstić information content (AvgIpc) is 2.79. The van der Waals surface area contributed by atoms with E-state index in [2.05, 4.69) is 41.0 Å². The maximum Gasteiger partial charge on any atom is 0.223 e. The average molecular weight is 278 g/mol. The number of rotatable bonds is 3. The highest BCUT2D eigenvalue weighted by atomic mass is 15.3. The monoisotopic (exact) mass is 278 g/mol. The van der Waals surface area contributed by atoms with Gasteiger partial charge in [-0.05, 0) is 25.3 Å². The number of nitrogens with one attached hydrogen (secondary N) is 1. The fourth-order valence-electron chi connectivity index (χ4n) is 2.66. The summed E-state index contributed by atoms with van der Waals surface area (Å²) in [5.41, 5.74) is 13.0. The van der Waals surface area contributed by atoms with E-state index in [1.807, 2.05) is 7.05 Å². The number of hydrogen-bond donors (Lipinski definition) is 3. The molecule has 1 fully saturated rings. The van der Waals surface area contributed by atoms with Crippen LogP contribution in [-0.2, 0) is 6.42 Å². The molecule has 2 rings (SSSR count). The van der Waals surface area contributed by atoms with Crippen LogP contribution in [0.5, 0.6) is 0 Å². The lowest BCUT2D eigenvalue weighted by Gasteiger charge is -2.25. The molecule has 0 aromatic carbocycles. The third kappa shape index (κ3) is 3.30. The van der Waals surface area contributed by atoms with Crippen LogP contribution in [0.2, 0.25) is 0 Å². The fourth-order valence-corrected chi connectivity index (χ4v) is 2.66. The van der Waals surface area contributed by atoms with Crippen molar-refractivity contribution in [2.24, 2.45) is 5.41 Å². The summed E-state index contributed by atoms with van der Waals surface area (Å²) in [5.74, 6) is 1.67. The topological polar surface area (TPSA) is 93.1 Å². The van der Waals surface area contributed by atoms with Crippen LogP contribution in [-0.4, -0.2) is 36.1 Å². The van der Waals surface area contributed by atoms with Gasteiger partial charge < -0.3 is 21.7 Å². The number of likely N-dealkylation sites (N-methyl/N-ethyl adjacent to an activating group) is 1. The third-order valence-electron chi connectivity index (χ3n) is 3.64. The molecule has 1 atom stereocenters. The minimum Gasteiger partial charge on any atom is -0.383 e. The van der Waals surface area contributed by atoms with Crippen molar-refractivity contribution in [1.29, 1.82) is 0 Å². The summed E-state index contributed by atoms with van der Waals surface area (Å²) in [5, 5.41) is 3.31. The number of nitrogens with two attached hydrogens (primary N) is 2. The summed E-state index contributed by atoms with van der Waals surface area (Å²) in [7, 11) is 1.99. The van der Waals surface area contributed by atoms with Crippen molar-refractivity contribution in [3.05, 3.63) is 5.56 Å². The molecule has 0 radical (unpaired) electrons. The van der Waals surface area contributed by atoms with Gasteiger partial charge in [0.25, 0.3) is 0 Å². The molecule has 0 saturated carbocycles. The van der Waals surface area contributed by atoms with Crippen LogP contribution < -0.4 is 21.7 Å². The molecule has 6 nitrogen and oxygen atoms in total. The Morgan fingerprint density at radius 2 is 2.00 bits per heavy atom. The van der Waals surface area contributed by atoms with Gasteiger partial charge in [0, 0.05) is 24.7 Å². The predicted molar refractivity (Wildman–Crippen MR) is 83.7 cm³/mol. The first-order valence-electron chi connectivity index (χ1n) is 7.14. The maximum absolute atomic E-state index is 6.09. The quantitative estimate of drug-likeness (QED) is 0.764. The van der Waals surface area contributed by atoms with E-state index in [0.717, 1.165) is 37.3 Å². The summed E-state index contributed by atoms with van der Waals surface area (Å²) in [6.07, 6.45) is 1.95. The molecule has 2 heterocycles. The summed E-state index contributed by atoms with van der Waals surface area (Å²) in [4.78, 5) is 10.8. The highest BCUT2D eigenvalue weighted by Crippen LogP contribution is 2.32. The van der Waals surface area contributed by atoms with Crippen LogP contribution in [0, 0.1) is 5.41 Å². The van der Waals surface area contributed by atoms with E-state index in [-0.39, 0.29) is 11.4 Å². The zero-order chi connectivity index (χ0) is 14.9. The molecule has 1 aromatic rings. The van der Waals surface area contributed by atoms with Crippen molar-refractivity contribution in [2.75, 3.05) is 36.5 Å². The molecule has 20 heavy (non-hydrogen) atoms. The molecule has 1 aliphatic rings. The molecule has 0 unspecified atom stereocenters. The first-order valence-corrected chi connectivity index (χ1v) is 7.14. The van der Waals surface area contributed by atoms with Crippen LogP contribution in [0.1, 0.15) is 32.8 Å². The SMILES string of the molecule is CN[C@@H]1CCN(c2nc(N)nc(N)c2CC(C)(C)C)C1.